The number of nitrogens with one attached hydrogen (secondary N) is 1. The van der Waals surface area contributed by atoms with Gasteiger partial charge in [0.05, 0.1) is 0 Å². The molecule has 0 bridgehead atoms. The Balaban J connectivity index is 2.30. The molecule has 0 fully saturated rings. The normalized spacial score (nSPS) is 20.8. The number of nitrogens with two attached hydrogens (primary N) is 1. The third-order valence-corrected chi connectivity index (χ3v) is 3.01. The van der Waals surface area contributed by atoms with Gasteiger partial charge < -0.3 is 11.1 Å². The van der Waals surface area contributed by atoms with Crippen LogP contribution in [0.1, 0.15) is 18.4 Å². The van der Waals surface area contributed by atoms with Crippen LogP contribution in [0.4, 0.5) is 4.39 Å². The maximum absolute atomic E-state index is 12.8. The van der Waals surface area contributed by atoms with Gasteiger partial charge in [0.2, 0.25) is 5.91 Å². The number of halogens is 1. The van der Waals surface area contributed by atoms with Crippen molar-refractivity contribution in [1.82, 2.24) is 5.32 Å². The summed E-state index contributed by atoms with van der Waals surface area (Å²) in [7, 11) is 0. The van der Waals surface area contributed by atoms with E-state index >= 15 is 0 Å². The molecule has 6 heteroatoms. The van der Waals surface area contributed by atoms with Crippen molar-refractivity contribution in [3.05, 3.63) is 35.6 Å². The van der Waals surface area contributed by atoms with E-state index in [0.29, 0.717) is 5.56 Å². The minimum atomic E-state index is -1.02. The van der Waals surface area contributed by atoms with Gasteiger partial charge in [0.25, 0.3) is 5.91 Å². The van der Waals surface area contributed by atoms with Crippen LogP contribution in [0.25, 0.3) is 0 Å². The van der Waals surface area contributed by atoms with Crippen molar-refractivity contribution in [1.29, 1.82) is 0 Å². The molecular weight excluding hydrogens is 249 g/mol. The van der Waals surface area contributed by atoms with E-state index in [-0.39, 0.29) is 18.3 Å². The third-order valence-electron chi connectivity index (χ3n) is 3.01. The van der Waals surface area contributed by atoms with E-state index in [1.165, 1.54) is 24.3 Å². The fraction of sp³-hybridized carbons (Fsp3) is 0.308. The molecule has 2 rings (SSSR count). The lowest BCUT2D eigenvalue weighted by molar-refractivity contribution is -0.129. The number of hydrogen-bond acceptors (Lipinski definition) is 3. The molecule has 1 heterocycles. The lowest BCUT2D eigenvalue weighted by Crippen LogP contribution is -2.46. The summed E-state index contributed by atoms with van der Waals surface area (Å²) in [4.78, 5) is 27.8. The van der Waals surface area contributed by atoms with Crippen LogP contribution in [0, 0.1) is 11.7 Å². The minimum absolute atomic E-state index is 0.193. The molecule has 5 nitrogen and oxygen atoms in total. The monoisotopic (exact) mass is 263 g/mol. The highest BCUT2D eigenvalue weighted by Crippen LogP contribution is 2.21. The van der Waals surface area contributed by atoms with Gasteiger partial charge in [-0.25, -0.2) is 4.39 Å². The molecule has 1 aromatic carbocycles. The first kappa shape index (κ1) is 13.4. The fourth-order valence-corrected chi connectivity index (χ4v) is 1.82. The molecule has 19 heavy (non-hydrogen) atoms. The van der Waals surface area contributed by atoms with Gasteiger partial charge in [-0.05, 0) is 17.7 Å². The van der Waals surface area contributed by atoms with Crippen LogP contribution in [0.2, 0.25) is 0 Å². The first-order chi connectivity index (χ1) is 9.02. The van der Waals surface area contributed by atoms with Gasteiger partial charge in [-0.3, -0.25) is 9.59 Å². The van der Waals surface area contributed by atoms with Gasteiger partial charge in [0, 0.05) is 12.5 Å². The highest BCUT2D eigenvalue weighted by atomic mass is 19.1. The van der Waals surface area contributed by atoms with E-state index in [2.05, 4.69) is 10.3 Å². The van der Waals surface area contributed by atoms with Crippen molar-refractivity contribution in [2.45, 2.75) is 12.8 Å². The first-order valence-corrected chi connectivity index (χ1v) is 5.91. The van der Waals surface area contributed by atoms with E-state index in [4.69, 9.17) is 5.73 Å². The number of carbonyl (C=O) groups excluding carboxylic acids is 2. The zero-order valence-corrected chi connectivity index (χ0v) is 10.4. The summed E-state index contributed by atoms with van der Waals surface area (Å²) in [6.07, 6.45) is 0. The molecule has 1 aliphatic heterocycles. The van der Waals surface area contributed by atoms with Gasteiger partial charge >= 0.3 is 0 Å². The zero-order chi connectivity index (χ0) is 14.0. The second kappa shape index (κ2) is 5.27. The SMILES string of the molecule is CC(CN)C1=NC(=O)C(c2ccc(F)cc2)C(=O)N1. The molecule has 1 aliphatic rings. The molecule has 0 radical (unpaired) electrons. The Hall–Kier alpha value is -2.08. The fourth-order valence-electron chi connectivity index (χ4n) is 1.82. The molecule has 0 spiro atoms. The molecule has 0 aromatic heterocycles. The summed E-state index contributed by atoms with van der Waals surface area (Å²) in [5.74, 6) is -2.35. The maximum Gasteiger partial charge on any atom is 0.264 e. The molecule has 100 valence electrons. The summed E-state index contributed by atoms with van der Waals surface area (Å²) in [5, 5.41) is 2.58. The topological polar surface area (TPSA) is 84.5 Å². The average molecular weight is 263 g/mol. The van der Waals surface area contributed by atoms with Crippen LogP contribution < -0.4 is 11.1 Å². The summed E-state index contributed by atoms with van der Waals surface area (Å²) < 4.78 is 12.8. The largest absolute Gasteiger partial charge is 0.330 e. The van der Waals surface area contributed by atoms with Crippen LogP contribution in [0.15, 0.2) is 29.3 Å². The summed E-state index contributed by atoms with van der Waals surface area (Å²) >= 11 is 0. The molecule has 2 amide bonds. The molecule has 2 unspecified atom stereocenters. The molecule has 2 atom stereocenters. The van der Waals surface area contributed by atoms with Crippen molar-refractivity contribution in [3.8, 4) is 0 Å². The van der Waals surface area contributed by atoms with Crippen molar-refractivity contribution >= 4 is 17.6 Å². The Labute approximate surface area is 109 Å². The number of amidine groups is 1. The number of carbonyl (C=O) groups is 2. The van der Waals surface area contributed by atoms with Crippen molar-refractivity contribution < 1.29 is 14.0 Å². The molecule has 1 aromatic rings. The second-order valence-electron chi connectivity index (χ2n) is 4.45. The smallest absolute Gasteiger partial charge is 0.264 e. The lowest BCUT2D eigenvalue weighted by atomic mass is 9.95. The summed E-state index contributed by atoms with van der Waals surface area (Å²) in [6.45, 7) is 2.05. The van der Waals surface area contributed by atoms with Gasteiger partial charge in [-0.15, -0.1) is 0 Å². The predicted molar refractivity (Wildman–Crippen MR) is 67.9 cm³/mol. The van der Waals surface area contributed by atoms with E-state index in [1.54, 1.807) is 6.92 Å². The van der Waals surface area contributed by atoms with Gasteiger partial charge in [0.1, 0.15) is 17.6 Å². The van der Waals surface area contributed by atoms with E-state index in [9.17, 15) is 14.0 Å². The molecule has 3 N–H and O–H groups in total. The number of aliphatic imine (C=N–C) groups is 1. The maximum atomic E-state index is 12.8. The molecule has 0 saturated heterocycles. The Morgan fingerprint density at radius 2 is 2.00 bits per heavy atom. The highest BCUT2D eigenvalue weighted by Gasteiger charge is 2.34. The zero-order valence-electron chi connectivity index (χ0n) is 10.4. The average Bonchev–Trinajstić information content (AvgIpc) is 2.39. The van der Waals surface area contributed by atoms with Crippen molar-refractivity contribution in [2.24, 2.45) is 16.6 Å². The van der Waals surface area contributed by atoms with Crippen LogP contribution in [-0.4, -0.2) is 24.2 Å². The minimum Gasteiger partial charge on any atom is -0.330 e. The molecule has 0 aliphatic carbocycles. The summed E-state index contributed by atoms with van der Waals surface area (Å²) in [5.41, 5.74) is 5.89. The number of amides is 2. The lowest BCUT2D eigenvalue weighted by Gasteiger charge is -2.23. The van der Waals surface area contributed by atoms with Crippen LogP contribution in [0.5, 0.6) is 0 Å². The highest BCUT2D eigenvalue weighted by molar-refractivity contribution is 6.19. The third kappa shape index (κ3) is 2.68. The number of nitrogens with zero attached hydrogens (tertiary/aromatic N) is 1. The standard InChI is InChI=1S/C13H14FN3O2/c1-7(6-15)11-16-12(18)10(13(19)17-11)8-2-4-9(14)5-3-8/h2-5,7,10H,6,15H2,1H3,(H,16,17,18,19). The van der Waals surface area contributed by atoms with Crippen LogP contribution >= 0.6 is 0 Å². The van der Waals surface area contributed by atoms with Crippen LogP contribution in [0.3, 0.4) is 0 Å². The predicted octanol–water partition coefficient (Wildman–Crippen LogP) is 0.559. The number of rotatable bonds is 3. The van der Waals surface area contributed by atoms with Crippen molar-refractivity contribution in [3.63, 3.8) is 0 Å². The Morgan fingerprint density at radius 1 is 1.37 bits per heavy atom. The van der Waals surface area contributed by atoms with Gasteiger partial charge in [-0.2, -0.15) is 4.99 Å². The summed E-state index contributed by atoms with van der Waals surface area (Å²) in [6, 6.07) is 5.23. The van der Waals surface area contributed by atoms with Gasteiger partial charge in [-0.1, -0.05) is 19.1 Å². The Bertz CT molecular complexity index is 539. The number of benzene rings is 1. The van der Waals surface area contributed by atoms with Gasteiger partial charge in [0.15, 0.2) is 0 Å². The van der Waals surface area contributed by atoms with Crippen molar-refractivity contribution in [2.75, 3.05) is 6.54 Å². The second-order valence-corrected chi connectivity index (χ2v) is 4.45. The molecule has 0 saturated carbocycles. The van der Waals surface area contributed by atoms with E-state index < -0.39 is 23.5 Å². The quantitative estimate of drug-likeness (QED) is 0.781. The first-order valence-electron chi connectivity index (χ1n) is 5.91. The Kier molecular flexibility index (Phi) is 3.71. The Morgan fingerprint density at radius 3 is 2.53 bits per heavy atom. The van der Waals surface area contributed by atoms with E-state index in [1.807, 2.05) is 0 Å². The van der Waals surface area contributed by atoms with E-state index in [0.717, 1.165) is 0 Å². The molecular formula is C13H14FN3O2. The van der Waals surface area contributed by atoms with Crippen LogP contribution in [-0.2, 0) is 9.59 Å². The number of hydrogen-bond donors (Lipinski definition) is 2.